The molecule has 11 heteroatoms. The van der Waals surface area contributed by atoms with Crippen LogP contribution in [0.4, 0.5) is 9.59 Å². The number of benzene rings is 2. The zero-order valence-corrected chi connectivity index (χ0v) is 23.5. The Kier molecular flexibility index (Phi) is 11.3. The van der Waals surface area contributed by atoms with Gasteiger partial charge in [-0.2, -0.15) is 0 Å². The van der Waals surface area contributed by atoms with Gasteiger partial charge in [0.15, 0.2) is 0 Å². The molecule has 0 aromatic heterocycles. The highest BCUT2D eigenvalue weighted by atomic mass is 16.6. The predicted molar refractivity (Wildman–Crippen MR) is 148 cm³/mol. The Morgan fingerprint density at radius 2 is 1.46 bits per heavy atom. The normalized spacial score (nSPS) is 17.2. The van der Waals surface area contributed by atoms with Crippen LogP contribution in [-0.4, -0.2) is 65.5 Å². The molecule has 1 aliphatic heterocycles. The molecule has 1 heterocycles. The average Bonchev–Trinajstić information content (AvgIpc) is 3.37. The standard InChI is InChI=1S/C30H37N3O8/c1-30(2,3)41-27(36)25-15-14-23(16-17-34)33(25)26(35)24(32-29(38)40-20-22-12-8-5-9-13-22)18-31-28(37)39-19-21-10-6-4-7-11-21/h4-13,17,23-25H,14-16,18-20H2,1-3H3,(H,31,37)(H,32,38)/t23-,24+,25+/m1/s1. The highest BCUT2D eigenvalue weighted by Gasteiger charge is 2.45. The average molecular weight is 568 g/mol. The predicted octanol–water partition coefficient (Wildman–Crippen LogP) is 3.50. The number of carbonyl (C=O) groups is 5. The van der Waals surface area contributed by atoms with Crippen molar-refractivity contribution >= 4 is 30.3 Å². The highest BCUT2D eigenvalue weighted by Crippen LogP contribution is 2.29. The first-order valence-electron chi connectivity index (χ1n) is 13.5. The van der Waals surface area contributed by atoms with E-state index in [1.54, 1.807) is 57.2 Å². The van der Waals surface area contributed by atoms with Crippen molar-refractivity contribution in [3.8, 4) is 0 Å². The van der Waals surface area contributed by atoms with E-state index in [1.165, 1.54) is 4.90 Å². The Bertz CT molecular complexity index is 1180. The van der Waals surface area contributed by atoms with Crippen LogP contribution in [0.3, 0.4) is 0 Å². The van der Waals surface area contributed by atoms with E-state index in [2.05, 4.69) is 10.6 Å². The maximum absolute atomic E-state index is 13.9. The fourth-order valence-corrected chi connectivity index (χ4v) is 4.41. The Balaban J connectivity index is 1.74. The zero-order chi connectivity index (χ0) is 29.8. The molecule has 0 bridgehead atoms. The summed E-state index contributed by atoms with van der Waals surface area (Å²) in [6.07, 6.45) is -0.337. The number of hydrogen-bond acceptors (Lipinski definition) is 8. The van der Waals surface area contributed by atoms with Crippen molar-refractivity contribution < 1.29 is 38.2 Å². The summed E-state index contributed by atoms with van der Waals surface area (Å²) in [7, 11) is 0. The molecule has 1 saturated heterocycles. The molecule has 3 rings (SSSR count). The summed E-state index contributed by atoms with van der Waals surface area (Å²) in [5.74, 6) is -1.27. The third-order valence-electron chi connectivity index (χ3n) is 6.27. The first-order valence-corrected chi connectivity index (χ1v) is 13.5. The van der Waals surface area contributed by atoms with Crippen molar-refractivity contribution in [1.29, 1.82) is 0 Å². The van der Waals surface area contributed by atoms with Crippen LogP contribution in [0.25, 0.3) is 0 Å². The molecular formula is C30H37N3O8. The van der Waals surface area contributed by atoms with Gasteiger partial charge in [-0.05, 0) is 44.7 Å². The molecule has 0 spiro atoms. The van der Waals surface area contributed by atoms with Gasteiger partial charge in [0.2, 0.25) is 5.91 Å². The Morgan fingerprint density at radius 3 is 2.00 bits per heavy atom. The zero-order valence-electron chi connectivity index (χ0n) is 23.5. The van der Waals surface area contributed by atoms with Crippen LogP contribution < -0.4 is 10.6 Å². The van der Waals surface area contributed by atoms with Gasteiger partial charge in [0.25, 0.3) is 0 Å². The number of hydrogen-bond donors (Lipinski definition) is 2. The van der Waals surface area contributed by atoms with E-state index in [1.807, 2.05) is 24.3 Å². The third kappa shape index (κ3) is 9.93. The van der Waals surface area contributed by atoms with E-state index >= 15 is 0 Å². The van der Waals surface area contributed by atoms with Crippen molar-refractivity contribution in [3.63, 3.8) is 0 Å². The number of nitrogens with zero attached hydrogens (tertiary/aromatic N) is 1. The minimum Gasteiger partial charge on any atom is -0.458 e. The summed E-state index contributed by atoms with van der Waals surface area (Å²) >= 11 is 0. The van der Waals surface area contributed by atoms with E-state index < -0.39 is 47.8 Å². The number of esters is 1. The molecule has 2 aromatic rings. The van der Waals surface area contributed by atoms with Gasteiger partial charge in [-0.25, -0.2) is 14.4 Å². The number of alkyl carbamates (subject to hydrolysis) is 2. The van der Waals surface area contributed by atoms with Crippen molar-refractivity contribution in [1.82, 2.24) is 15.5 Å². The summed E-state index contributed by atoms with van der Waals surface area (Å²) in [6.45, 7) is 4.76. The molecule has 2 N–H and O–H groups in total. The Hall–Kier alpha value is -4.41. The minimum atomic E-state index is -1.32. The molecule has 1 aliphatic rings. The number of aldehydes is 1. The van der Waals surface area contributed by atoms with Crippen molar-refractivity contribution in [2.45, 2.75) is 77.0 Å². The van der Waals surface area contributed by atoms with Crippen molar-refractivity contribution in [2.75, 3.05) is 6.54 Å². The molecule has 1 fully saturated rings. The quantitative estimate of drug-likeness (QED) is 0.239. The second kappa shape index (κ2) is 14.8. The molecule has 2 aromatic carbocycles. The van der Waals surface area contributed by atoms with Crippen LogP contribution in [0.1, 0.15) is 51.2 Å². The Labute approximate surface area is 239 Å². The van der Waals surface area contributed by atoms with Crippen LogP contribution in [0, 0.1) is 0 Å². The number of ether oxygens (including phenoxy) is 3. The largest absolute Gasteiger partial charge is 0.458 e. The van der Waals surface area contributed by atoms with Gasteiger partial charge >= 0.3 is 18.2 Å². The molecule has 0 unspecified atom stereocenters. The van der Waals surface area contributed by atoms with Gasteiger partial charge in [-0.15, -0.1) is 0 Å². The topological polar surface area (TPSA) is 140 Å². The number of nitrogens with one attached hydrogen (secondary N) is 2. The monoisotopic (exact) mass is 567 g/mol. The van der Waals surface area contributed by atoms with Crippen LogP contribution in [0.15, 0.2) is 60.7 Å². The Morgan fingerprint density at radius 1 is 0.902 bits per heavy atom. The fourth-order valence-electron chi connectivity index (χ4n) is 4.41. The third-order valence-corrected chi connectivity index (χ3v) is 6.27. The van der Waals surface area contributed by atoms with Crippen molar-refractivity contribution in [2.24, 2.45) is 0 Å². The molecule has 3 atom stereocenters. The maximum atomic E-state index is 13.9. The van der Waals surface area contributed by atoms with E-state index in [0.29, 0.717) is 12.7 Å². The first-order chi connectivity index (χ1) is 19.6. The van der Waals surface area contributed by atoms with Gasteiger partial charge in [-0.1, -0.05) is 60.7 Å². The lowest BCUT2D eigenvalue weighted by Gasteiger charge is -2.33. The van der Waals surface area contributed by atoms with E-state index in [-0.39, 0.29) is 32.6 Å². The molecule has 3 amide bonds. The fraction of sp³-hybridized carbons (Fsp3) is 0.433. The van der Waals surface area contributed by atoms with Crippen LogP contribution in [0.5, 0.6) is 0 Å². The van der Waals surface area contributed by atoms with Gasteiger partial charge < -0.3 is 34.5 Å². The lowest BCUT2D eigenvalue weighted by molar-refractivity contribution is -0.164. The number of rotatable bonds is 11. The molecular weight excluding hydrogens is 530 g/mol. The molecule has 0 aliphatic carbocycles. The lowest BCUT2D eigenvalue weighted by Crippen LogP contribution is -2.58. The highest BCUT2D eigenvalue weighted by molar-refractivity contribution is 5.91. The second-order valence-corrected chi connectivity index (χ2v) is 10.6. The van der Waals surface area contributed by atoms with Gasteiger partial charge in [0.1, 0.15) is 37.2 Å². The molecule has 41 heavy (non-hydrogen) atoms. The minimum absolute atomic E-state index is 0.00274. The van der Waals surface area contributed by atoms with Crippen molar-refractivity contribution in [3.05, 3.63) is 71.8 Å². The molecule has 11 nitrogen and oxygen atoms in total. The van der Waals surface area contributed by atoms with E-state index in [4.69, 9.17) is 14.2 Å². The smallest absolute Gasteiger partial charge is 0.408 e. The van der Waals surface area contributed by atoms with Crippen LogP contribution in [-0.2, 0) is 41.8 Å². The van der Waals surface area contributed by atoms with Gasteiger partial charge in [-0.3, -0.25) is 4.79 Å². The summed E-state index contributed by atoms with van der Waals surface area (Å²) < 4.78 is 16.0. The molecule has 0 saturated carbocycles. The first kappa shape index (κ1) is 31.1. The lowest BCUT2D eigenvalue weighted by atomic mass is 10.1. The summed E-state index contributed by atoms with van der Waals surface area (Å²) in [6, 6.07) is 15.2. The van der Waals surface area contributed by atoms with Crippen LogP contribution in [0.2, 0.25) is 0 Å². The summed E-state index contributed by atoms with van der Waals surface area (Å²) in [5.41, 5.74) is 0.716. The number of carbonyl (C=O) groups excluding carboxylic acids is 5. The number of amides is 3. The molecule has 0 radical (unpaired) electrons. The maximum Gasteiger partial charge on any atom is 0.408 e. The number of likely N-dealkylation sites (tertiary alicyclic amines) is 1. The summed E-state index contributed by atoms with van der Waals surface area (Å²) in [5, 5.41) is 5.00. The molecule has 220 valence electrons. The van der Waals surface area contributed by atoms with E-state index in [9.17, 15) is 24.0 Å². The second-order valence-electron chi connectivity index (χ2n) is 10.6. The van der Waals surface area contributed by atoms with Gasteiger partial charge in [0, 0.05) is 12.5 Å². The SMILES string of the molecule is CC(C)(C)OC(=O)[C@@H]1CC[C@H](CC=O)N1C(=O)[C@H](CNC(=O)OCc1ccccc1)NC(=O)OCc1ccccc1. The van der Waals surface area contributed by atoms with E-state index in [0.717, 1.165) is 11.1 Å². The summed E-state index contributed by atoms with van der Waals surface area (Å²) in [4.78, 5) is 64.7. The van der Waals surface area contributed by atoms with Gasteiger partial charge in [0.05, 0.1) is 6.54 Å². The van der Waals surface area contributed by atoms with Crippen LogP contribution >= 0.6 is 0 Å².